The van der Waals surface area contributed by atoms with Gasteiger partial charge in [-0.25, -0.2) is 4.79 Å². The maximum atomic E-state index is 11.4. The lowest BCUT2D eigenvalue weighted by molar-refractivity contribution is -0.164. The van der Waals surface area contributed by atoms with Gasteiger partial charge in [-0.2, -0.15) is 13.2 Å². The summed E-state index contributed by atoms with van der Waals surface area (Å²) in [5.74, 6) is -0.903. The van der Waals surface area contributed by atoms with E-state index in [0.29, 0.717) is 0 Å². The average molecular weight is 183 g/mol. The predicted molar refractivity (Wildman–Crippen MR) is 35.0 cm³/mol. The van der Waals surface area contributed by atoms with Gasteiger partial charge in [0.1, 0.15) is 6.54 Å². The highest BCUT2D eigenvalue weighted by molar-refractivity contribution is 5.86. The van der Waals surface area contributed by atoms with Gasteiger partial charge in [-0.15, -0.1) is 5.48 Å². The summed E-state index contributed by atoms with van der Waals surface area (Å²) in [4.78, 5) is 14.4. The Morgan fingerprint density at radius 3 is 2.42 bits per heavy atom. The maximum Gasteiger partial charge on any atom is 0.404 e. The molecule has 0 heterocycles. The molecule has 70 valence electrons. The van der Waals surface area contributed by atoms with E-state index in [-0.39, 0.29) is 5.57 Å². The van der Waals surface area contributed by atoms with Gasteiger partial charge in [-0.3, -0.25) is 0 Å². The van der Waals surface area contributed by atoms with Crippen molar-refractivity contribution in [2.24, 2.45) is 0 Å². The van der Waals surface area contributed by atoms with Crippen molar-refractivity contribution in [3.05, 3.63) is 12.2 Å². The minimum absolute atomic E-state index is 0.0321. The highest BCUT2D eigenvalue weighted by Gasteiger charge is 2.27. The number of halogens is 3. The predicted octanol–water partition coefficient (Wildman–Crippen LogP) is 1.17. The lowest BCUT2D eigenvalue weighted by atomic mass is 10.4. The third-order valence-electron chi connectivity index (χ3n) is 0.786. The molecule has 0 spiro atoms. The Kier molecular flexibility index (Phi) is 3.75. The number of hydrogen-bond acceptors (Lipinski definition) is 3. The van der Waals surface area contributed by atoms with Gasteiger partial charge in [0.05, 0.1) is 0 Å². The van der Waals surface area contributed by atoms with Gasteiger partial charge in [0.2, 0.25) is 0 Å². The molecule has 0 unspecified atom stereocenters. The van der Waals surface area contributed by atoms with E-state index >= 15 is 0 Å². The molecule has 0 fully saturated rings. The summed E-state index contributed by atoms with van der Waals surface area (Å²) in [7, 11) is 0. The molecule has 6 heteroatoms. The molecule has 0 saturated carbocycles. The summed E-state index contributed by atoms with van der Waals surface area (Å²) in [6.07, 6.45) is -4.39. The van der Waals surface area contributed by atoms with E-state index in [9.17, 15) is 18.0 Å². The summed E-state index contributed by atoms with van der Waals surface area (Å²) in [5.41, 5.74) is 1.50. The molecule has 0 saturated heterocycles. The molecule has 12 heavy (non-hydrogen) atoms. The van der Waals surface area contributed by atoms with E-state index in [1.807, 2.05) is 0 Å². The maximum absolute atomic E-state index is 11.4. The van der Waals surface area contributed by atoms with Crippen molar-refractivity contribution in [2.45, 2.75) is 13.1 Å². The number of rotatable bonds is 3. The van der Waals surface area contributed by atoms with Crippen LogP contribution in [0.15, 0.2) is 12.2 Å². The Bertz CT molecular complexity index is 188. The standard InChI is InChI=1S/C6H8F3NO2/c1-4(2)5(11)12-10-3-6(7,8)9/h10H,1,3H2,2H3. The van der Waals surface area contributed by atoms with Crippen molar-refractivity contribution in [1.29, 1.82) is 0 Å². The Labute approximate surface area is 67.1 Å². The number of nitrogens with one attached hydrogen (secondary N) is 1. The van der Waals surface area contributed by atoms with Gasteiger partial charge < -0.3 is 4.84 Å². The summed E-state index contributed by atoms with van der Waals surface area (Å²) in [6, 6.07) is 0. The monoisotopic (exact) mass is 183 g/mol. The topological polar surface area (TPSA) is 38.3 Å². The summed E-state index contributed by atoms with van der Waals surface area (Å²) < 4.78 is 34.3. The van der Waals surface area contributed by atoms with Crippen molar-refractivity contribution < 1.29 is 22.8 Å². The van der Waals surface area contributed by atoms with E-state index in [2.05, 4.69) is 11.4 Å². The van der Waals surface area contributed by atoms with Crippen LogP contribution in [0.2, 0.25) is 0 Å². The first kappa shape index (κ1) is 11.0. The van der Waals surface area contributed by atoms with Crippen LogP contribution in [-0.4, -0.2) is 18.7 Å². The first-order valence-electron chi connectivity index (χ1n) is 2.99. The van der Waals surface area contributed by atoms with Crippen LogP contribution in [0.1, 0.15) is 6.92 Å². The van der Waals surface area contributed by atoms with Gasteiger partial charge >= 0.3 is 12.1 Å². The van der Waals surface area contributed by atoms with Crippen LogP contribution in [0.3, 0.4) is 0 Å². The zero-order chi connectivity index (χ0) is 9.78. The largest absolute Gasteiger partial charge is 0.404 e. The molecule has 0 aromatic carbocycles. The van der Waals surface area contributed by atoms with E-state index in [1.54, 1.807) is 0 Å². The molecule has 0 aromatic heterocycles. The number of alkyl halides is 3. The molecule has 0 bridgehead atoms. The summed E-state index contributed by atoms with van der Waals surface area (Å²) in [5, 5.41) is 0. The Morgan fingerprint density at radius 2 is 2.08 bits per heavy atom. The third-order valence-corrected chi connectivity index (χ3v) is 0.786. The zero-order valence-corrected chi connectivity index (χ0v) is 6.36. The first-order valence-corrected chi connectivity index (χ1v) is 2.99. The van der Waals surface area contributed by atoms with E-state index in [4.69, 9.17) is 0 Å². The molecule has 0 amide bonds. The van der Waals surface area contributed by atoms with Crippen LogP contribution in [-0.2, 0) is 9.63 Å². The highest BCUT2D eigenvalue weighted by atomic mass is 19.4. The SMILES string of the molecule is C=C(C)C(=O)ONCC(F)(F)F. The first-order chi connectivity index (χ1) is 5.33. The molecule has 1 N–H and O–H groups in total. The van der Waals surface area contributed by atoms with Gasteiger partial charge in [0.15, 0.2) is 0 Å². The molecule has 3 nitrogen and oxygen atoms in total. The van der Waals surface area contributed by atoms with Gasteiger partial charge in [0, 0.05) is 5.57 Å². The van der Waals surface area contributed by atoms with Crippen molar-refractivity contribution in [2.75, 3.05) is 6.54 Å². The Morgan fingerprint density at radius 1 is 1.58 bits per heavy atom. The highest BCUT2D eigenvalue weighted by Crippen LogP contribution is 2.12. The molecular formula is C6H8F3NO2. The van der Waals surface area contributed by atoms with Gasteiger partial charge in [-0.1, -0.05) is 6.58 Å². The minimum Gasteiger partial charge on any atom is -0.367 e. The van der Waals surface area contributed by atoms with E-state index in [1.165, 1.54) is 12.4 Å². The number of hydrogen-bond donors (Lipinski definition) is 1. The average Bonchev–Trinajstić information content (AvgIpc) is 1.84. The number of carbonyl (C=O) groups excluding carboxylic acids is 1. The molecule has 0 atom stereocenters. The molecular weight excluding hydrogens is 175 g/mol. The Hall–Kier alpha value is -1.04. The van der Waals surface area contributed by atoms with E-state index in [0.717, 1.165) is 0 Å². The van der Waals surface area contributed by atoms with E-state index < -0.39 is 18.7 Å². The van der Waals surface area contributed by atoms with Crippen LogP contribution < -0.4 is 5.48 Å². The minimum atomic E-state index is -4.39. The van der Waals surface area contributed by atoms with Crippen LogP contribution >= 0.6 is 0 Å². The fourth-order valence-corrected chi connectivity index (χ4v) is 0.271. The fourth-order valence-electron chi connectivity index (χ4n) is 0.271. The second-order valence-electron chi connectivity index (χ2n) is 2.11. The van der Waals surface area contributed by atoms with Gasteiger partial charge in [0.25, 0.3) is 0 Å². The number of carbonyl (C=O) groups is 1. The quantitative estimate of drug-likeness (QED) is 0.527. The molecule has 0 radical (unpaired) electrons. The lowest BCUT2D eigenvalue weighted by Gasteiger charge is -2.07. The molecule has 0 aliphatic rings. The molecule has 0 aliphatic heterocycles. The molecule has 0 rings (SSSR count). The lowest BCUT2D eigenvalue weighted by Crippen LogP contribution is -2.31. The van der Waals surface area contributed by atoms with Crippen molar-refractivity contribution in [3.8, 4) is 0 Å². The zero-order valence-electron chi connectivity index (χ0n) is 6.36. The second kappa shape index (κ2) is 4.10. The normalized spacial score (nSPS) is 11.0. The van der Waals surface area contributed by atoms with Gasteiger partial charge in [-0.05, 0) is 6.92 Å². The van der Waals surface area contributed by atoms with Crippen LogP contribution in [0.5, 0.6) is 0 Å². The van der Waals surface area contributed by atoms with Crippen LogP contribution in [0, 0.1) is 0 Å². The van der Waals surface area contributed by atoms with Crippen molar-refractivity contribution >= 4 is 5.97 Å². The van der Waals surface area contributed by atoms with Crippen molar-refractivity contribution in [1.82, 2.24) is 5.48 Å². The van der Waals surface area contributed by atoms with Crippen LogP contribution in [0.4, 0.5) is 13.2 Å². The summed E-state index contributed by atoms with van der Waals surface area (Å²) in [6.45, 7) is 3.14. The second-order valence-corrected chi connectivity index (χ2v) is 2.11. The van der Waals surface area contributed by atoms with Crippen molar-refractivity contribution in [3.63, 3.8) is 0 Å². The summed E-state index contributed by atoms with van der Waals surface area (Å²) >= 11 is 0. The smallest absolute Gasteiger partial charge is 0.367 e. The third kappa shape index (κ3) is 5.72. The number of hydroxylamine groups is 1. The fraction of sp³-hybridized carbons (Fsp3) is 0.500. The molecule has 0 aliphatic carbocycles. The molecule has 0 aromatic rings. The Balaban J connectivity index is 3.58. The van der Waals surface area contributed by atoms with Crippen LogP contribution in [0.25, 0.3) is 0 Å².